The summed E-state index contributed by atoms with van der Waals surface area (Å²) in [5.41, 5.74) is 9.04. The van der Waals surface area contributed by atoms with Crippen LogP contribution in [-0.4, -0.2) is 5.78 Å². The highest BCUT2D eigenvalue weighted by Gasteiger charge is 2.16. The van der Waals surface area contributed by atoms with Crippen molar-refractivity contribution in [2.45, 2.75) is 41.5 Å². The van der Waals surface area contributed by atoms with E-state index in [0.29, 0.717) is 0 Å². The molecule has 114 valence electrons. The van der Waals surface area contributed by atoms with Gasteiger partial charge < -0.3 is 0 Å². The zero-order valence-corrected chi connectivity index (χ0v) is 14.4. The molecule has 0 amide bonds. The topological polar surface area (TPSA) is 17.1 Å². The smallest absolute Gasteiger partial charge is 0.186 e. The average Bonchev–Trinajstić information content (AvgIpc) is 2.50. The molecule has 2 aromatic rings. The van der Waals surface area contributed by atoms with Crippen molar-refractivity contribution in [2.24, 2.45) is 0 Å². The lowest BCUT2D eigenvalue weighted by Gasteiger charge is -2.16. The van der Waals surface area contributed by atoms with Gasteiger partial charge in [-0.1, -0.05) is 35.9 Å². The minimum absolute atomic E-state index is 0.0850. The molecule has 0 aliphatic rings. The Morgan fingerprint density at radius 3 is 1.68 bits per heavy atom. The number of ketones is 1. The lowest BCUT2D eigenvalue weighted by molar-refractivity contribution is 0.104. The molecule has 0 fully saturated rings. The van der Waals surface area contributed by atoms with Gasteiger partial charge in [0, 0.05) is 5.56 Å². The number of hydrogen-bond acceptors (Lipinski definition) is 1. The van der Waals surface area contributed by atoms with Crippen molar-refractivity contribution in [1.82, 2.24) is 0 Å². The lowest BCUT2D eigenvalue weighted by Crippen LogP contribution is -2.07. The quantitative estimate of drug-likeness (QED) is 0.544. The predicted molar refractivity (Wildman–Crippen MR) is 94.7 cm³/mol. The molecule has 0 atom stereocenters. The molecule has 0 N–H and O–H groups in total. The predicted octanol–water partition coefficient (Wildman–Crippen LogP) is 5.43. The van der Waals surface area contributed by atoms with Crippen molar-refractivity contribution in [2.75, 3.05) is 0 Å². The van der Waals surface area contributed by atoms with Crippen LogP contribution in [0.15, 0.2) is 30.3 Å². The zero-order chi connectivity index (χ0) is 16.4. The minimum atomic E-state index is 0.0850. The first-order valence-corrected chi connectivity index (χ1v) is 7.69. The molecule has 0 heterocycles. The third-order valence-electron chi connectivity index (χ3n) is 4.75. The standard InChI is InChI=1S/C21H24O/c1-13-7-9-19(10-8-13)11-12-20(22)21-17(5)15(3)14(2)16(4)18(21)6/h7-12H,1-6H3/b12-11+. The molecular formula is C21H24O. The third-order valence-corrected chi connectivity index (χ3v) is 4.75. The van der Waals surface area contributed by atoms with Crippen molar-refractivity contribution in [1.29, 1.82) is 0 Å². The fraction of sp³-hybridized carbons (Fsp3) is 0.286. The number of allylic oxidation sites excluding steroid dienone is 1. The molecule has 0 saturated heterocycles. The Morgan fingerprint density at radius 1 is 0.727 bits per heavy atom. The number of carbonyl (C=O) groups excluding carboxylic acids is 1. The second-order valence-electron chi connectivity index (χ2n) is 6.11. The molecule has 0 aromatic heterocycles. The fourth-order valence-electron chi connectivity index (χ4n) is 2.80. The number of hydrogen-bond donors (Lipinski definition) is 0. The molecule has 1 heteroatoms. The maximum Gasteiger partial charge on any atom is 0.186 e. The molecule has 0 spiro atoms. The number of benzene rings is 2. The summed E-state index contributed by atoms with van der Waals surface area (Å²) < 4.78 is 0. The molecule has 0 unspecified atom stereocenters. The SMILES string of the molecule is Cc1ccc(/C=C/C(=O)c2c(C)c(C)c(C)c(C)c2C)cc1. The van der Waals surface area contributed by atoms with E-state index in [2.05, 4.69) is 39.8 Å². The van der Waals surface area contributed by atoms with Crippen LogP contribution in [0.5, 0.6) is 0 Å². The largest absolute Gasteiger partial charge is 0.289 e. The van der Waals surface area contributed by atoms with Crippen LogP contribution in [-0.2, 0) is 0 Å². The zero-order valence-electron chi connectivity index (χ0n) is 14.4. The maximum absolute atomic E-state index is 12.7. The van der Waals surface area contributed by atoms with E-state index in [4.69, 9.17) is 0 Å². The Morgan fingerprint density at radius 2 is 1.18 bits per heavy atom. The molecule has 2 rings (SSSR count). The molecule has 1 nitrogen and oxygen atoms in total. The first kappa shape index (κ1) is 16.2. The molecular weight excluding hydrogens is 268 g/mol. The van der Waals surface area contributed by atoms with Gasteiger partial charge in [-0.05, 0) is 81.0 Å². The number of rotatable bonds is 3. The summed E-state index contributed by atoms with van der Waals surface area (Å²) in [7, 11) is 0. The summed E-state index contributed by atoms with van der Waals surface area (Å²) in [5.74, 6) is 0.0850. The van der Waals surface area contributed by atoms with Crippen LogP contribution in [0, 0.1) is 41.5 Å². The summed E-state index contributed by atoms with van der Waals surface area (Å²) in [6, 6.07) is 8.18. The first-order valence-electron chi connectivity index (χ1n) is 7.69. The van der Waals surface area contributed by atoms with Gasteiger partial charge in [0.25, 0.3) is 0 Å². The summed E-state index contributed by atoms with van der Waals surface area (Å²) in [5, 5.41) is 0. The normalized spacial score (nSPS) is 11.2. The molecule has 0 aliphatic heterocycles. The highest BCUT2D eigenvalue weighted by Crippen LogP contribution is 2.26. The summed E-state index contributed by atoms with van der Waals surface area (Å²) in [6.45, 7) is 12.5. The van der Waals surface area contributed by atoms with Gasteiger partial charge in [0.2, 0.25) is 0 Å². The van der Waals surface area contributed by atoms with E-state index < -0.39 is 0 Å². The minimum Gasteiger partial charge on any atom is -0.289 e. The van der Waals surface area contributed by atoms with E-state index in [-0.39, 0.29) is 5.78 Å². The van der Waals surface area contributed by atoms with Crippen LogP contribution in [0.2, 0.25) is 0 Å². The number of carbonyl (C=O) groups is 1. The van der Waals surface area contributed by atoms with Crippen LogP contribution in [0.1, 0.15) is 49.3 Å². The Hall–Kier alpha value is -2.15. The first-order chi connectivity index (χ1) is 10.3. The van der Waals surface area contributed by atoms with E-state index in [1.807, 2.05) is 32.1 Å². The second kappa shape index (κ2) is 6.31. The Bertz CT molecular complexity index is 717. The Labute approximate surface area is 133 Å². The Kier molecular flexibility index (Phi) is 4.65. The van der Waals surface area contributed by atoms with E-state index in [1.54, 1.807) is 6.08 Å². The van der Waals surface area contributed by atoms with Gasteiger partial charge in [0.1, 0.15) is 0 Å². The summed E-state index contributed by atoms with van der Waals surface area (Å²) >= 11 is 0. The van der Waals surface area contributed by atoms with Crippen molar-refractivity contribution < 1.29 is 4.79 Å². The van der Waals surface area contributed by atoms with Gasteiger partial charge in [-0.15, -0.1) is 0 Å². The van der Waals surface area contributed by atoms with Crippen LogP contribution in [0.4, 0.5) is 0 Å². The van der Waals surface area contributed by atoms with Crippen molar-refractivity contribution in [3.05, 3.63) is 74.8 Å². The van der Waals surface area contributed by atoms with Gasteiger partial charge in [0.15, 0.2) is 5.78 Å². The van der Waals surface area contributed by atoms with Crippen molar-refractivity contribution in [3.63, 3.8) is 0 Å². The van der Waals surface area contributed by atoms with E-state index in [1.165, 1.54) is 22.3 Å². The monoisotopic (exact) mass is 292 g/mol. The van der Waals surface area contributed by atoms with Gasteiger partial charge in [-0.2, -0.15) is 0 Å². The fourth-order valence-corrected chi connectivity index (χ4v) is 2.80. The summed E-state index contributed by atoms with van der Waals surface area (Å²) in [4.78, 5) is 12.7. The highest BCUT2D eigenvalue weighted by molar-refractivity contribution is 6.09. The van der Waals surface area contributed by atoms with Gasteiger partial charge >= 0.3 is 0 Å². The van der Waals surface area contributed by atoms with Gasteiger partial charge in [-0.3, -0.25) is 4.79 Å². The van der Waals surface area contributed by atoms with E-state index in [9.17, 15) is 4.79 Å². The van der Waals surface area contributed by atoms with Crippen LogP contribution in [0.25, 0.3) is 6.08 Å². The maximum atomic E-state index is 12.7. The van der Waals surface area contributed by atoms with Crippen molar-refractivity contribution >= 4 is 11.9 Å². The molecule has 0 aliphatic carbocycles. The second-order valence-corrected chi connectivity index (χ2v) is 6.11. The number of aryl methyl sites for hydroxylation is 1. The highest BCUT2D eigenvalue weighted by atomic mass is 16.1. The molecule has 2 aromatic carbocycles. The van der Waals surface area contributed by atoms with Crippen LogP contribution in [0.3, 0.4) is 0 Å². The summed E-state index contributed by atoms with van der Waals surface area (Å²) in [6.07, 6.45) is 3.58. The van der Waals surface area contributed by atoms with Gasteiger partial charge in [0.05, 0.1) is 0 Å². The molecule has 0 radical (unpaired) electrons. The third kappa shape index (κ3) is 3.04. The van der Waals surface area contributed by atoms with Crippen LogP contribution >= 0.6 is 0 Å². The molecule has 0 bridgehead atoms. The molecule has 0 saturated carbocycles. The van der Waals surface area contributed by atoms with Crippen LogP contribution < -0.4 is 0 Å². The Balaban J connectivity index is 2.40. The average molecular weight is 292 g/mol. The lowest BCUT2D eigenvalue weighted by atomic mass is 9.87. The van der Waals surface area contributed by atoms with Crippen molar-refractivity contribution in [3.8, 4) is 0 Å². The van der Waals surface area contributed by atoms with E-state index >= 15 is 0 Å². The van der Waals surface area contributed by atoms with E-state index in [0.717, 1.165) is 22.3 Å². The van der Waals surface area contributed by atoms with Gasteiger partial charge in [-0.25, -0.2) is 0 Å². The molecule has 22 heavy (non-hydrogen) atoms.